The number of hydrogen-bond donors (Lipinski definition) is 4. The number of aryl methyl sites for hydroxylation is 5. The van der Waals surface area contributed by atoms with Crippen molar-refractivity contribution < 1.29 is 0 Å². The molecule has 4 saturated heterocycles. The van der Waals surface area contributed by atoms with Gasteiger partial charge in [-0.3, -0.25) is 32.4 Å². The minimum Gasteiger partial charge on any atom is -0.368 e. The van der Waals surface area contributed by atoms with Gasteiger partial charge in [0.1, 0.15) is 45.4 Å². The SMILES string of the molecule is CCN1CCN(c2ccc3nc(-c4ccc5nc(C)[nH]c5c4)cc(=O)n3c2)CC1.Cc1cn2cc(-c3cc(=O)n4nc(C5CCNCC5)ccc4n3)cc(C)c2n1.Cc1cn2nc(-c3cc(=O)n4cc(N5CCNCC5)ccc4n3)cc2c(N(C)C)n1.Cc1nc2ccc(-c3cc(=O)n4cc(N5CCN(C)CC5)ccc4n3)cc2[nH]1. The molecule has 30 heteroatoms. The predicted octanol–water partition coefficient (Wildman–Crippen LogP) is 8.66. The Balaban J connectivity index is 0.000000111. The van der Waals surface area contributed by atoms with E-state index in [1.165, 1.54) is 4.52 Å². The summed E-state index contributed by atoms with van der Waals surface area (Å²) in [5.74, 6) is 2.96. The first-order chi connectivity index (χ1) is 55.7. The largest absolute Gasteiger partial charge is 0.368 e. The van der Waals surface area contributed by atoms with Gasteiger partial charge in [-0.1, -0.05) is 19.1 Å². The highest BCUT2D eigenvalue weighted by atomic mass is 16.1. The van der Waals surface area contributed by atoms with E-state index < -0.39 is 0 Å². The van der Waals surface area contributed by atoms with Crippen molar-refractivity contribution in [3.05, 3.63) is 234 Å². The quantitative estimate of drug-likeness (QED) is 0.0995. The molecular weight excluding hydrogens is 1450 g/mol. The summed E-state index contributed by atoms with van der Waals surface area (Å²) < 4.78 is 10.1. The van der Waals surface area contributed by atoms with Crippen molar-refractivity contribution in [3.8, 4) is 45.2 Å². The fraction of sp³-hybridized carbons (Fsp3) is 0.318. The van der Waals surface area contributed by atoms with Crippen LogP contribution in [0, 0.1) is 34.6 Å². The van der Waals surface area contributed by atoms with Crippen LogP contribution >= 0.6 is 0 Å². The van der Waals surface area contributed by atoms with Gasteiger partial charge in [0.2, 0.25) is 0 Å². The maximum Gasteiger partial charge on any atom is 0.275 e. The second-order valence-electron chi connectivity index (χ2n) is 30.4. The number of anilines is 4. The first kappa shape index (κ1) is 74.8. The van der Waals surface area contributed by atoms with Gasteiger partial charge in [-0.15, -0.1) is 0 Å². The van der Waals surface area contributed by atoms with Crippen LogP contribution in [0.25, 0.3) is 101 Å². The summed E-state index contributed by atoms with van der Waals surface area (Å²) in [6.45, 7) is 26.8. The summed E-state index contributed by atoms with van der Waals surface area (Å²) in [5.41, 5.74) is 20.5. The van der Waals surface area contributed by atoms with Crippen LogP contribution < -0.4 is 52.5 Å². The summed E-state index contributed by atoms with van der Waals surface area (Å²) in [6, 6.07) is 37.9. The van der Waals surface area contributed by atoms with Gasteiger partial charge in [0.25, 0.3) is 22.2 Å². The van der Waals surface area contributed by atoms with Gasteiger partial charge in [0.05, 0.1) is 85.2 Å². The highest BCUT2D eigenvalue weighted by Crippen LogP contribution is 2.30. The van der Waals surface area contributed by atoms with E-state index in [9.17, 15) is 19.2 Å². The number of hydrogen-bond acceptors (Lipinski definition) is 22. The third-order valence-electron chi connectivity index (χ3n) is 21.9. The van der Waals surface area contributed by atoms with E-state index in [0.717, 1.165) is 218 Å². The molecule has 586 valence electrons. The van der Waals surface area contributed by atoms with Crippen LogP contribution in [0.1, 0.15) is 60.0 Å². The molecule has 20 rings (SSSR count). The molecule has 0 atom stereocenters. The lowest BCUT2D eigenvalue weighted by molar-refractivity contribution is 0.271. The van der Waals surface area contributed by atoms with Crippen LogP contribution in [0.5, 0.6) is 0 Å². The fourth-order valence-corrected chi connectivity index (χ4v) is 15.7. The Morgan fingerprint density at radius 2 is 0.930 bits per heavy atom. The maximum absolute atomic E-state index is 12.9. The fourth-order valence-electron chi connectivity index (χ4n) is 15.7. The average molecular weight is 1540 g/mol. The zero-order valence-electron chi connectivity index (χ0n) is 66.1. The van der Waals surface area contributed by atoms with E-state index in [1.807, 2.05) is 180 Å². The number of pyridine rings is 4. The Morgan fingerprint density at radius 1 is 0.435 bits per heavy atom. The lowest BCUT2D eigenvalue weighted by Crippen LogP contribution is -2.46. The minimum absolute atomic E-state index is 0.0695. The molecule has 115 heavy (non-hydrogen) atoms. The summed E-state index contributed by atoms with van der Waals surface area (Å²) >= 11 is 0. The zero-order valence-corrected chi connectivity index (χ0v) is 66.1. The molecule has 0 saturated carbocycles. The second kappa shape index (κ2) is 31.6. The number of nitrogens with one attached hydrogen (secondary N) is 4. The Morgan fingerprint density at radius 3 is 1.50 bits per heavy atom. The predicted molar refractivity (Wildman–Crippen MR) is 452 cm³/mol. The molecule has 18 heterocycles. The van der Waals surface area contributed by atoms with Crippen molar-refractivity contribution >= 4 is 78.7 Å². The van der Waals surface area contributed by atoms with E-state index in [0.29, 0.717) is 57.0 Å². The van der Waals surface area contributed by atoms with Gasteiger partial charge in [0, 0.05) is 170 Å². The number of fused-ring (bicyclic) bond motifs is 8. The van der Waals surface area contributed by atoms with Crippen molar-refractivity contribution in [2.24, 2.45) is 0 Å². The van der Waals surface area contributed by atoms with Crippen molar-refractivity contribution in [1.82, 2.24) is 107 Å². The summed E-state index contributed by atoms with van der Waals surface area (Å²) in [4.78, 5) is 108. The van der Waals surface area contributed by atoms with Gasteiger partial charge in [-0.2, -0.15) is 14.7 Å². The van der Waals surface area contributed by atoms with Crippen LogP contribution in [0.15, 0.2) is 178 Å². The standard InChI is InChI=1S/C22H24N6O.C21H24N8O.2C21H22N6O/c1-3-26-8-10-27(11-9-26)17-5-7-21-25-19(13-22(29)28(21)14-17)16-4-6-18-20(12-16)24-15(2)23-18;1-14-12-29-18(21(23-14)26(2)3)10-17(25-29)16-11-20(30)28-13-15(4-5-19(28)24-16)27-8-6-22-7-9-27;1-14-22-17-5-3-15(11-19(17)23-14)18-12-21(28)27-13-16(4-6-20(27)24-18)26-9-7-25(2)8-10-26;1-13-9-16(12-26-11-14(2)23-21(13)26)18-10-20(28)27-19(24-18)4-3-17(25-27)15-5-7-22-8-6-15/h4-7,12-14H,3,8-11H2,1-2H3,(H,23,24);4-5,10-13,22H,6-9H2,1-3H3;3-6,11-13H,7-10H2,1-2H3,(H,22,23);3-4,9-12,15,22H,5-8H2,1-2H3. The van der Waals surface area contributed by atoms with Crippen molar-refractivity contribution in [2.75, 3.05) is 139 Å². The number of piperidine rings is 1. The van der Waals surface area contributed by atoms with Crippen molar-refractivity contribution in [3.63, 3.8) is 0 Å². The molecule has 0 unspecified atom stereocenters. The molecule has 0 spiro atoms. The van der Waals surface area contributed by atoms with E-state index >= 15 is 0 Å². The normalized spacial score (nSPS) is 15.3. The number of piperazine rings is 3. The summed E-state index contributed by atoms with van der Waals surface area (Å²) in [7, 11) is 6.03. The maximum atomic E-state index is 12.9. The number of imidazole rings is 3. The van der Waals surface area contributed by atoms with Gasteiger partial charge in [-0.05, 0) is 165 Å². The van der Waals surface area contributed by atoms with E-state index in [2.05, 4.69) is 101 Å². The molecule has 2 aromatic carbocycles. The molecule has 0 bridgehead atoms. The van der Waals surface area contributed by atoms with Crippen LogP contribution in [0.2, 0.25) is 0 Å². The molecular formula is C85H92N26O4. The summed E-state index contributed by atoms with van der Waals surface area (Å²) in [5, 5.41) is 16.0. The van der Waals surface area contributed by atoms with Crippen LogP contribution in [0.4, 0.5) is 22.9 Å². The van der Waals surface area contributed by atoms with Crippen LogP contribution in [-0.4, -0.2) is 216 Å². The van der Waals surface area contributed by atoms with Crippen molar-refractivity contribution in [2.45, 2.75) is 60.3 Å². The molecule has 16 aromatic rings. The Kier molecular flexibility index (Phi) is 20.5. The van der Waals surface area contributed by atoms with Gasteiger partial charge in [-0.25, -0.2) is 44.4 Å². The lowest BCUT2D eigenvalue weighted by atomic mass is 9.94. The lowest BCUT2D eigenvalue weighted by Gasteiger charge is -2.35. The molecule has 14 aromatic heterocycles. The van der Waals surface area contributed by atoms with E-state index in [-0.39, 0.29) is 22.2 Å². The average Bonchev–Trinajstić information content (AvgIpc) is 1.78. The molecule has 0 aliphatic carbocycles. The molecule has 4 aliphatic heterocycles. The number of H-pyrrole nitrogens is 2. The Bertz CT molecular complexity index is 6620. The van der Waals surface area contributed by atoms with E-state index in [1.54, 1.807) is 42.0 Å². The van der Waals surface area contributed by atoms with E-state index in [4.69, 9.17) is 19.9 Å². The zero-order chi connectivity index (χ0) is 79.3. The number of aromatic amines is 2. The summed E-state index contributed by atoms with van der Waals surface area (Å²) in [6.07, 6.45) is 13.6. The highest BCUT2D eigenvalue weighted by Gasteiger charge is 2.23. The Labute approximate surface area is 661 Å². The van der Waals surface area contributed by atoms with Crippen molar-refractivity contribution in [1.29, 1.82) is 0 Å². The molecule has 4 fully saturated rings. The van der Waals surface area contributed by atoms with Gasteiger partial charge < -0.3 is 54.4 Å². The third-order valence-corrected chi connectivity index (χ3v) is 21.9. The first-order valence-electron chi connectivity index (χ1n) is 39.3. The molecule has 30 nitrogen and oxygen atoms in total. The molecule has 0 amide bonds. The monoisotopic (exact) mass is 1540 g/mol. The smallest absolute Gasteiger partial charge is 0.275 e. The number of aromatic nitrogens is 18. The number of rotatable bonds is 10. The van der Waals surface area contributed by atoms with Gasteiger partial charge in [0.15, 0.2) is 11.5 Å². The molecule has 4 aliphatic rings. The third kappa shape index (κ3) is 15.7. The highest BCUT2D eigenvalue weighted by molar-refractivity contribution is 5.83. The number of likely N-dealkylation sites (N-methyl/N-ethyl adjacent to an activating group) is 2. The topological polar surface area (TPSA) is 299 Å². The Hall–Kier alpha value is -12.9. The second-order valence-corrected chi connectivity index (χ2v) is 30.4. The van der Waals surface area contributed by atoms with Crippen LogP contribution in [0.3, 0.4) is 0 Å². The minimum atomic E-state index is -0.157. The van der Waals surface area contributed by atoms with Gasteiger partial charge >= 0.3 is 0 Å². The number of nitrogens with zero attached hydrogens (tertiary/aromatic N) is 22. The molecule has 4 N–H and O–H groups in total. The van der Waals surface area contributed by atoms with Crippen LogP contribution in [-0.2, 0) is 0 Å². The first-order valence-corrected chi connectivity index (χ1v) is 39.3. The number of benzene rings is 2. The molecule has 0 radical (unpaired) electrons.